The fourth-order valence-corrected chi connectivity index (χ4v) is 2.77. The van der Waals surface area contributed by atoms with Gasteiger partial charge in [-0.05, 0) is 43.4 Å². The molecule has 0 spiro atoms. The normalized spacial score (nSPS) is 17.2. The maximum Gasteiger partial charge on any atom is 0.194 e. The van der Waals surface area contributed by atoms with Gasteiger partial charge in [0.25, 0.3) is 0 Å². The molecule has 0 aliphatic carbocycles. The Balaban J connectivity index is 0.00000288. The van der Waals surface area contributed by atoms with Crippen LogP contribution in [0.5, 0.6) is 5.75 Å². The summed E-state index contributed by atoms with van der Waals surface area (Å²) in [6.45, 7) is 7.61. The van der Waals surface area contributed by atoms with Gasteiger partial charge in [-0.3, -0.25) is 4.99 Å². The monoisotopic (exact) mass is 447 g/mol. The average molecular weight is 447 g/mol. The van der Waals surface area contributed by atoms with Crippen LogP contribution in [0.2, 0.25) is 0 Å². The van der Waals surface area contributed by atoms with E-state index in [1.54, 1.807) is 7.11 Å². The van der Waals surface area contributed by atoms with Crippen LogP contribution in [0.1, 0.15) is 38.4 Å². The van der Waals surface area contributed by atoms with E-state index in [-0.39, 0.29) is 24.0 Å². The zero-order valence-corrected chi connectivity index (χ0v) is 17.2. The highest BCUT2D eigenvalue weighted by molar-refractivity contribution is 14.0. The molecule has 0 radical (unpaired) electrons. The van der Waals surface area contributed by atoms with Gasteiger partial charge in [-0.2, -0.15) is 0 Å². The molecular weight excluding hydrogens is 417 g/mol. The highest BCUT2D eigenvalue weighted by Crippen LogP contribution is 2.20. The molecule has 0 saturated carbocycles. The van der Waals surface area contributed by atoms with Crippen molar-refractivity contribution in [2.45, 2.75) is 32.8 Å². The van der Waals surface area contributed by atoms with Crippen LogP contribution in [0, 0.1) is 5.92 Å². The summed E-state index contributed by atoms with van der Waals surface area (Å²) in [5.74, 6) is 2.44. The smallest absolute Gasteiger partial charge is 0.194 e. The van der Waals surface area contributed by atoms with Crippen LogP contribution in [0.15, 0.2) is 29.3 Å². The molecule has 1 saturated heterocycles. The number of hydrogen-bond acceptors (Lipinski definition) is 3. The molecule has 0 amide bonds. The van der Waals surface area contributed by atoms with E-state index in [1.165, 1.54) is 12.8 Å². The highest BCUT2D eigenvalue weighted by atomic mass is 127. The third-order valence-electron chi connectivity index (χ3n) is 4.31. The molecule has 1 fully saturated rings. The van der Waals surface area contributed by atoms with Crippen molar-refractivity contribution in [3.05, 3.63) is 29.8 Å². The SMILES string of the molecule is CCNC(=NCC(O)c1cccc(OC)c1)N1CCC(C)CC1.I. The third-order valence-corrected chi connectivity index (χ3v) is 4.31. The van der Waals surface area contributed by atoms with Gasteiger partial charge in [-0.25, -0.2) is 0 Å². The number of aliphatic hydroxyl groups is 1. The first kappa shape index (κ1) is 21.0. The lowest BCUT2D eigenvalue weighted by Gasteiger charge is -2.33. The molecule has 1 unspecified atom stereocenters. The van der Waals surface area contributed by atoms with Gasteiger partial charge < -0.3 is 20.1 Å². The molecule has 0 bridgehead atoms. The maximum atomic E-state index is 10.4. The average Bonchev–Trinajstić information content (AvgIpc) is 2.59. The van der Waals surface area contributed by atoms with Gasteiger partial charge in [-0.15, -0.1) is 24.0 Å². The zero-order valence-electron chi connectivity index (χ0n) is 14.9. The molecule has 24 heavy (non-hydrogen) atoms. The number of nitrogens with one attached hydrogen (secondary N) is 1. The topological polar surface area (TPSA) is 57.1 Å². The van der Waals surface area contributed by atoms with Crippen molar-refractivity contribution in [3.63, 3.8) is 0 Å². The third kappa shape index (κ3) is 6.12. The van der Waals surface area contributed by atoms with Crippen molar-refractivity contribution >= 4 is 29.9 Å². The minimum atomic E-state index is -0.623. The number of nitrogens with zero attached hydrogens (tertiary/aromatic N) is 2. The van der Waals surface area contributed by atoms with E-state index in [4.69, 9.17) is 4.74 Å². The van der Waals surface area contributed by atoms with Crippen molar-refractivity contribution in [1.29, 1.82) is 0 Å². The number of rotatable bonds is 5. The van der Waals surface area contributed by atoms with Gasteiger partial charge in [0, 0.05) is 19.6 Å². The lowest BCUT2D eigenvalue weighted by atomic mass is 9.99. The second kappa shape index (κ2) is 10.8. The minimum Gasteiger partial charge on any atom is -0.497 e. The van der Waals surface area contributed by atoms with Crippen molar-refractivity contribution in [3.8, 4) is 5.75 Å². The molecule has 1 heterocycles. The van der Waals surface area contributed by atoms with Gasteiger partial charge in [-0.1, -0.05) is 19.1 Å². The number of aliphatic imine (C=N–C) groups is 1. The Morgan fingerprint density at radius 1 is 1.42 bits per heavy atom. The lowest BCUT2D eigenvalue weighted by molar-refractivity contribution is 0.185. The molecule has 136 valence electrons. The van der Waals surface area contributed by atoms with Crippen molar-refractivity contribution in [2.75, 3.05) is 33.3 Å². The molecular formula is C18H30IN3O2. The summed E-state index contributed by atoms with van der Waals surface area (Å²) < 4.78 is 5.21. The van der Waals surface area contributed by atoms with E-state index in [1.807, 2.05) is 24.3 Å². The molecule has 1 aliphatic heterocycles. The second-order valence-electron chi connectivity index (χ2n) is 6.16. The van der Waals surface area contributed by atoms with Crippen LogP contribution in [-0.4, -0.2) is 49.3 Å². The summed E-state index contributed by atoms with van der Waals surface area (Å²) in [5.41, 5.74) is 0.830. The first-order valence-corrected chi connectivity index (χ1v) is 8.49. The summed E-state index contributed by atoms with van der Waals surface area (Å²) in [6, 6.07) is 7.52. The van der Waals surface area contributed by atoms with Gasteiger partial charge in [0.15, 0.2) is 5.96 Å². The van der Waals surface area contributed by atoms with E-state index >= 15 is 0 Å². The molecule has 1 aromatic carbocycles. The summed E-state index contributed by atoms with van der Waals surface area (Å²) in [5, 5.41) is 13.7. The van der Waals surface area contributed by atoms with E-state index in [0.29, 0.717) is 6.54 Å². The van der Waals surface area contributed by atoms with Crippen LogP contribution in [0.3, 0.4) is 0 Å². The number of guanidine groups is 1. The fourth-order valence-electron chi connectivity index (χ4n) is 2.77. The number of likely N-dealkylation sites (tertiary alicyclic amines) is 1. The van der Waals surface area contributed by atoms with Gasteiger partial charge >= 0.3 is 0 Å². The Bertz CT molecular complexity index is 517. The molecule has 1 aromatic rings. The lowest BCUT2D eigenvalue weighted by Crippen LogP contribution is -2.45. The second-order valence-corrected chi connectivity index (χ2v) is 6.16. The Hall–Kier alpha value is -1.02. The van der Waals surface area contributed by atoms with Gasteiger partial charge in [0.05, 0.1) is 19.8 Å². The molecule has 2 rings (SSSR count). The van der Waals surface area contributed by atoms with Crippen LogP contribution < -0.4 is 10.1 Å². The standard InChI is InChI=1S/C18H29N3O2.HI/c1-4-19-18(21-10-8-14(2)9-11-21)20-13-17(22)15-6-5-7-16(12-15)23-3;/h5-7,12,14,17,22H,4,8-11,13H2,1-3H3,(H,19,20);1H. The predicted octanol–water partition coefficient (Wildman–Crippen LogP) is 3.04. The minimum absolute atomic E-state index is 0. The number of aliphatic hydroxyl groups excluding tert-OH is 1. The fraction of sp³-hybridized carbons (Fsp3) is 0.611. The number of halogens is 1. The molecule has 1 aliphatic rings. The number of methoxy groups -OCH3 is 1. The number of ether oxygens (including phenoxy) is 1. The number of hydrogen-bond donors (Lipinski definition) is 2. The first-order valence-electron chi connectivity index (χ1n) is 8.49. The predicted molar refractivity (Wildman–Crippen MR) is 109 cm³/mol. The molecule has 5 nitrogen and oxygen atoms in total. The molecule has 6 heteroatoms. The Morgan fingerprint density at radius 2 is 2.12 bits per heavy atom. The molecule has 0 aromatic heterocycles. The summed E-state index contributed by atoms with van der Waals surface area (Å²) in [7, 11) is 1.63. The Morgan fingerprint density at radius 3 is 2.75 bits per heavy atom. The van der Waals surface area contributed by atoms with Crippen molar-refractivity contribution in [2.24, 2.45) is 10.9 Å². The summed E-state index contributed by atoms with van der Waals surface area (Å²) in [4.78, 5) is 6.93. The Kier molecular flexibility index (Phi) is 9.43. The molecule has 2 N–H and O–H groups in total. The number of benzene rings is 1. The highest BCUT2D eigenvalue weighted by Gasteiger charge is 2.19. The van der Waals surface area contributed by atoms with Crippen LogP contribution >= 0.6 is 24.0 Å². The summed E-state index contributed by atoms with van der Waals surface area (Å²) in [6.07, 6.45) is 1.77. The molecule has 1 atom stereocenters. The number of piperidine rings is 1. The Labute approximate surface area is 162 Å². The zero-order chi connectivity index (χ0) is 16.7. The van der Waals surface area contributed by atoms with Gasteiger partial charge in [0.1, 0.15) is 5.75 Å². The summed E-state index contributed by atoms with van der Waals surface area (Å²) >= 11 is 0. The van der Waals surface area contributed by atoms with Crippen LogP contribution in [-0.2, 0) is 0 Å². The van der Waals surface area contributed by atoms with E-state index in [2.05, 4.69) is 29.1 Å². The van der Waals surface area contributed by atoms with Crippen LogP contribution in [0.25, 0.3) is 0 Å². The quantitative estimate of drug-likeness (QED) is 0.414. The van der Waals surface area contributed by atoms with E-state index in [0.717, 1.165) is 42.8 Å². The van der Waals surface area contributed by atoms with Gasteiger partial charge in [0.2, 0.25) is 0 Å². The first-order chi connectivity index (χ1) is 11.1. The van der Waals surface area contributed by atoms with Crippen molar-refractivity contribution < 1.29 is 9.84 Å². The maximum absolute atomic E-state index is 10.4. The van der Waals surface area contributed by atoms with Crippen LogP contribution in [0.4, 0.5) is 0 Å². The largest absolute Gasteiger partial charge is 0.497 e. The van der Waals surface area contributed by atoms with Crippen molar-refractivity contribution in [1.82, 2.24) is 10.2 Å². The van der Waals surface area contributed by atoms with E-state index in [9.17, 15) is 5.11 Å². The van der Waals surface area contributed by atoms with E-state index < -0.39 is 6.10 Å².